The molecule has 0 atom stereocenters. The van der Waals surface area contributed by atoms with Crippen molar-refractivity contribution in [1.82, 2.24) is 14.9 Å². The summed E-state index contributed by atoms with van der Waals surface area (Å²) in [6.07, 6.45) is 4.57. The van der Waals surface area contributed by atoms with E-state index in [1.165, 1.54) is 39.9 Å². The highest BCUT2D eigenvalue weighted by atomic mass is 32.1. The van der Waals surface area contributed by atoms with Crippen molar-refractivity contribution < 1.29 is 0 Å². The van der Waals surface area contributed by atoms with E-state index >= 15 is 0 Å². The van der Waals surface area contributed by atoms with Crippen molar-refractivity contribution in [3.8, 4) is 11.3 Å². The second-order valence-corrected chi connectivity index (χ2v) is 8.24. The number of nitrogens with one attached hydrogen (secondary N) is 1. The quantitative estimate of drug-likeness (QED) is 0.500. The average Bonchev–Trinajstić information content (AvgIpc) is 3.37. The lowest BCUT2D eigenvalue weighted by Gasteiger charge is -2.30. The summed E-state index contributed by atoms with van der Waals surface area (Å²) in [4.78, 5) is 10.9. The first-order valence-electron chi connectivity index (χ1n) is 9.65. The summed E-state index contributed by atoms with van der Waals surface area (Å²) in [5.41, 5.74) is 4.98. The van der Waals surface area contributed by atoms with Gasteiger partial charge in [0.25, 0.3) is 0 Å². The molecule has 0 amide bonds. The van der Waals surface area contributed by atoms with Crippen molar-refractivity contribution in [3.63, 3.8) is 0 Å². The minimum atomic E-state index is 0.603. The predicted octanol–water partition coefficient (Wildman–Crippen LogP) is 5.67. The largest absolute Gasteiger partial charge is 0.361 e. The summed E-state index contributed by atoms with van der Waals surface area (Å²) in [7, 11) is 0. The van der Waals surface area contributed by atoms with Gasteiger partial charge < -0.3 is 4.98 Å². The van der Waals surface area contributed by atoms with Gasteiger partial charge in [-0.2, -0.15) is 0 Å². The van der Waals surface area contributed by atoms with Crippen LogP contribution in [0.2, 0.25) is 0 Å². The molecule has 4 heteroatoms. The number of aromatic amines is 1. The van der Waals surface area contributed by atoms with Gasteiger partial charge in [-0.05, 0) is 37.6 Å². The molecule has 0 saturated carbocycles. The predicted molar refractivity (Wildman–Crippen MR) is 113 cm³/mol. The topological polar surface area (TPSA) is 31.9 Å². The van der Waals surface area contributed by atoms with Crippen LogP contribution in [0.3, 0.4) is 0 Å². The lowest BCUT2D eigenvalue weighted by molar-refractivity contribution is 0.205. The van der Waals surface area contributed by atoms with Crippen LogP contribution in [0.1, 0.15) is 29.3 Å². The van der Waals surface area contributed by atoms with Crippen LogP contribution in [-0.4, -0.2) is 28.0 Å². The Balaban J connectivity index is 1.24. The lowest BCUT2D eigenvalue weighted by atomic mass is 9.97. The number of piperidine rings is 1. The minimum absolute atomic E-state index is 0.603. The number of likely N-dealkylation sites (tertiary alicyclic amines) is 1. The van der Waals surface area contributed by atoms with Gasteiger partial charge in [-0.15, -0.1) is 11.3 Å². The van der Waals surface area contributed by atoms with E-state index in [0.717, 1.165) is 25.3 Å². The maximum Gasteiger partial charge on any atom is 0.0964 e. The smallest absolute Gasteiger partial charge is 0.0964 e. The van der Waals surface area contributed by atoms with Crippen molar-refractivity contribution in [2.24, 2.45) is 0 Å². The Labute approximate surface area is 163 Å². The van der Waals surface area contributed by atoms with Crippen LogP contribution in [-0.2, 0) is 6.54 Å². The number of hydrogen-bond donors (Lipinski definition) is 1. The van der Waals surface area contributed by atoms with Gasteiger partial charge in [0, 0.05) is 40.5 Å². The number of H-pyrrole nitrogens is 1. The standard InChI is InChI=1S/C23H23N3S/c1-2-6-17(7-3-1)22-16-27-23(25-22)18-10-12-26(13-11-18)15-19-14-24-21-9-5-4-8-20(19)21/h1-9,14,16,18,24H,10-13,15H2. The van der Waals surface area contributed by atoms with Crippen LogP contribution >= 0.6 is 11.3 Å². The summed E-state index contributed by atoms with van der Waals surface area (Å²) in [6, 6.07) is 19.1. The van der Waals surface area contributed by atoms with Crippen molar-refractivity contribution in [3.05, 3.63) is 76.7 Å². The van der Waals surface area contributed by atoms with E-state index in [0.29, 0.717) is 5.92 Å². The molecule has 5 rings (SSSR count). The van der Waals surface area contributed by atoms with Crippen LogP contribution in [0.5, 0.6) is 0 Å². The van der Waals surface area contributed by atoms with Gasteiger partial charge in [0.1, 0.15) is 0 Å². The monoisotopic (exact) mass is 373 g/mol. The molecule has 0 radical (unpaired) electrons. The Morgan fingerprint density at radius 2 is 1.78 bits per heavy atom. The van der Waals surface area contributed by atoms with Crippen LogP contribution in [0.15, 0.2) is 66.2 Å². The minimum Gasteiger partial charge on any atom is -0.361 e. The molecule has 1 aliphatic heterocycles. The van der Waals surface area contributed by atoms with E-state index in [9.17, 15) is 0 Å². The molecule has 0 aliphatic carbocycles. The van der Waals surface area contributed by atoms with Crippen LogP contribution in [0.4, 0.5) is 0 Å². The molecule has 27 heavy (non-hydrogen) atoms. The molecule has 1 N–H and O–H groups in total. The SMILES string of the molecule is c1ccc(-c2csc(C3CCN(Cc4c[nH]c5ccccc45)CC3)n2)cc1. The molecule has 0 bridgehead atoms. The Hall–Kier alpha value is -2.43. The molecule has 0 spiro atoms. The molecular weight excluding hydrogens is 350 g/mol. The van der Waals surface area contributed by atoms with Crippen LogP contribution in [0.25, 0.3) is 22.2 Å². The molecule has 3 nitrogen and oxygen atoms in total. The molecule has 4 aromatic rings. The third-order valence-electron chi connectivity index (χ3n) is 5.60. The highest BCUT2D eigenvalue weighted by Gasteiger charge is 2.23. The van der Waals surface area contributed by atoms with Gasteiger partial charge in [-0.25, -0.2) is 4.98 Å². The van der Waals surface area contributed by atoms with E-state index in [1.807, 2.05) is 11.3 Å². The number of rotatable bonds is 4. The summed E-state index contributed by atoms with van der Waals surface area (Å²) < 4.78 is 0. The van der Waals surface area contributed by atoms with Gasteiger partial charge in [-0.1, -0.05) is 48.5 Å². The summed E-state index contributed by atoms with van der Waals surface area (Å²) in [5.74, 6) is 0.603. The molecule has 2 aromatic carbocycles. The zero-order valence-electron chi connectivity index (χ0n) is 15.3. The number of thiazole rings is 1. The third kappa shape index (κ3) is 3.43. The number of benzene rings is 2. The number of nitrogens with zero attached hydrogens (tertiary/aromatic N) is 2. The highest BCUT2D eigenvalue weighted by molar-refractivity contribution is 7.10. The Morgan fingerprint density at radius 1 is 1.00 bits per heavy atom. The third-order valence-corrected chi connectivity index (χ3v) is 6.60. The lowest BCUT2D eigenvalue weighted by Crippen LogP contribution is -2.32. The van der Waals surface area contributed by atoms with E-state index in [-0.39, 0.29) is 0 Å². The van der Waals surface area contributed by atoms with Gasteiger partial charge in [0.15, 0.2) is 0 Å². The van der Waals surface area contributed by atoms with Crippen LogP contribution < -0.4 is 0 Å². The zero-order valence-corrected chi connectivity index (χ0v) is 16.1. The zero-order chi connectivity index (χ0) is 18.1. The highest BCUT2D eigenvalue weighted by Crippen LogP contribution is 2.33. The van der Waals surface area contributed by atoms with Crippen molar-refractivity contribution in [2.45, 2.75) is 25.3 Å². The van der Waals surface area contributed by atoms with Crippen molar-refractivity contribution in [2.75, 3.05) is 13.1 Å². The van der Waals surface area contributed by atoms with Crippen molar-refractivity contribution >= 4 is 22.2 Å². The van der Waals surface area contributed by atoms with Gasteiger partial charge >= 0.3 is 0 Å². The number of fused-ring (bicyclic) bond motifs is 1. The summed E-state index contributed by atoms with van der Waals surface area (Å²) in [5, 5.41) is 4.87. The van der Waals surface area contributed by atoms with Crippen molar-refractivity contribution in [1.29, 1.82) is 0 Å². The maximum atomic E-state index is 4.94. The fourth-order valence-electron chi connectivity index (χ4n) is 4.06. The first-order chi connectivity index (χ1) is 13.4. The summed E-state index contributed by atoms with van der Waals surface area (Å²) in [6.45, 7) is 3.32. The Bertz CT molecular complexity index is 1030. The fraction of sp³-hybridized carbons (Fsp3) is 0.261. The Kier molecular flexibility index (Phi) is 4.52. The first kappa shape index (κ1) is 16.7. The van der Waals surface area contributed by atoms with Gasteiger partial charge in [0.2, 0.25) is 0 Å². The number of hydrogen-bond acceptors (Lipinski definition) is 3. The molecule has 136 valence electrons. The number of para-hydroxylation sites is 1. The molecular formula is C23H23N3S. The molecule has 3 heterocycles. The maximum absolute atomic E-state index is 4.94. The molecule has 1 aliphatic rings. The van der Waals surface area contributed by atoms with E-state index < -0.39 is 0 Å². The normalized spacial score (nSPS) is 16.1. The molecule has 1 fully saturated rings. The van der Waals surface area contributed by atoms with E-state index in [4.69, 9.17) is 4.98 Å². The Morgan fingerprint density at radius 3 is 2.63 bits per heavy atom. The van der Waals surface area contributed by atoms with Crippen LogP contribution in [0, 0.1) is 0 Å². The molecule has 2 aromatic heterocycles. The second kappa shape index (κ2) is 7.29. The number of aromatic nitrogens is 2. The second-order valence-electron chi connectivity index (χ2n) is 7.35. The average molecular weight is 374 g/mol. The fourth-order valence-corrected chi connectivity index (χ4v) is 5.06. The van der Waals surface area contributed by atoms with Gasteiger partial charge in [0.05, 0.1) is 10.7 Å². The summed E-state index contributed by atoms with van der Waals surface area (Å²) >= 11 is 1.82. The van der Waals surface area contributed by atoms with Gasteiger partial charge in [-0.3, -0.25) is 4.90 Å². The van der Waals surface area contributed by atoms with E-state index in [2.05, 4.69) is 76.1 Å². The van der Waals surface area contributed by atoms with E-state index in [1.54, 1.807) is 0 Å². The first-order valence-corrected chi connectivity index (χ1v) is 10.5. The molecule has 1 saturated heterocycles. The molecule has 0 unspecified atom stereocenters.